The van der Waals surface area contributed by atoms with Gasteiger partial charge in [-0.05, 0) is 35.9 Å². The Morgan fingerprint density at radius 1 is 0.667 bits per heavy atom. The molecule has 0 radical (unpaired) electrons. The number of para-hydroxylation sites is 3. The molecule has 210 valence electrons. The van der Waals surface area contributed by atoms with Crippen LogP contribution in [-0.2, 0) is 0 Å². The van der Waals surface area contributed by atoms with Gasteiger partial charge in [0, 0.05) is 33.5 Å². The summed E-state index contributed by atoms with van der Waals surface area (Å²) < 4.78 is 8.86. The van der Waals surface area contributed by atoms with Gasteiger partial charge < -0.3 is 9.32 Å². The summed E-state index contributed by atoms with van der Waals surface area (Å²) in [6.07, 6.45) is 6.60. The fourth-order valence-electron chi connectivity index (χ4n) is 7.20. The minimum Gasteiger partial charge on any atom is -0.454 e. The van der Waals surface area contributed by atoms with Crippen LogP contribution < -0.4 is 9.48 Å². The maximum Gasteiger partial charge on any atom is 0.439 e. The standard InChI is InChI=1S/C40H25N4O/c1-3-12-25(13-4-1)31-24-32(26-14-5-2-6-15-26)42-40(41-31)43-33-18-8-9-19-34(33)44-37-28(17-11-20-35(37)43)29-22-23-30-27-16-7-10-21-36(27)45-39(30)38(29)44/h1-24,37H/q+1. The zero-order valence-corrected chi connectivity index (χ0v) is 24.1. The third kappa shape index (κ3) is 3.46. The molecule has 7 aromatic rings. The highest BCUT2D eigenvalue weighted by Gasteiger charge is 2.47. The first-order valence-electron chi connectivity index (χ1n) is 15.2. The second-order valence-electron chi connectivity index (χ2n) is 11.6. The molecule has 0 amide bonds. The monoisotopic (exact) mass is 577 g/mol. The van der Waals surface area contributed by atoms with Crippen LogP contribution >= 0.6 is 0 Å². The lowest BCUT2D eigenvalue weighted by atomic mass is 9.92. The zero-order chi connectivity index (χ0) is 29.5. The summed E-state index contributed by atoms with van der Waals surface area (Å²) >= 11 is 0. The predicted molar refractivity (Wildman–Crippen MR) is 183 cm³/mol. The van der Waals surface area contributed by atoms with Crippen molar-refractivity contribution in [2.45, 2.75) is 6.04 Å². The summed E-state index contributed by atoms with van der Waals surface area (Å²) in [7, 11) is 0. The van der Waals surface area contributed by atoms with Crippen molar-refractivity contribution in [2.24, 2.45) is 0 Å². The topological polar surface area (TPSA) is 45.2 Å². The van der Waals surface area contributed by atoms with E-state index >= 15 is 0 Å². The van der Waals surface area contributed by atoms with Crippen LogP contribution in [0.3, 0.4) is 0 Å². The Morgan fingerprint density at radius 3 is 2.13 bits per heavy atom. The molecule has 0 saturated heterocycles. The lowest BCUT2D eigenvalue weighted by Crippen LogP contribution is -2.43. The van der Waals surface area contributed by atoms with Crippen LogP contribution in [0.2, 0.25) is 0 Å². The highest BCUT2D eigenvalue weighted by Crippen LogP contribution is 2.55. The van der Waals surface area contributed by atoms with Gasteiger partial charge in [-0.2, -0.15) is 4.58 Å². The molecule has 5 nitrogen and oxygen atoms in total. The van der Waals surface area contributed by atoms with Crippen LogP contribution in [0.4, 0.5) is 23.0 Å². The number of nitrogens with zero attached hydrogens (tertiary/aromatic N) is 4. The zero-order valence-electron chi connectivity index (χ0n) is 24.1. The predicted octanol–water partition coefficient (Wildman–Crippen LogP) is 9.47. The van der Waals surface area contributed by atoms with Crippen molar-refractivity contribution < 1.29 is 4.42 Å². The third-order valence-corrected chi connectivity index (χ3v) is 9.14. The number of hydrogen-bond acceptors (Lipinski definition) is 4. The molecule has 1 unspecified atom stereocenters. The van der Waals surface area contributed by atoms with E-state index < -0.39 is 0 Å². The van der Waals surface area contributed by atoms with Gasteiger partial charge in [0.1, 0.15) is 23.0 Å². The van der Waals surface area contributed by atoms with E-state index in [1.54, 1.807) is 0 Å². The minimum absolute atomic E-state index is 0.0529. The van der Waals surface area contributed by atoms with E-state index in [0.717, 1.165) is 67.2 Å². The van der Waals surface area contributed by atoms with E-state index in [-0.39, 0.29) is 6.04 Å². The molecular weight excluding hydrogens is 552 g/mol. The second-order valence-corrected chi connectivity index (χ2v) is 11.6. The first-order valence-corrected chi connectivity index (χ1v) is 15.2. The molecule has 2 aliphatic heterocycles. The van der Waals surface area contributed by atoms with Crippen LogP contribution in [0.25, 0.3) is 50.0 Å². The smallest absolute Gasteiger partial charge is 0.439 e. The number of benzene rings is 5. The summed E-state index contributed by atoms with van der Waals surface area (Å²) in [5.74, 6) is 0.646. The van der Waals surface area contributed by atoms with E-state index in [9.17, 15) is 0 Å². The fraction of sp³-hybridized carbons (Fsp3) is 0.0250. The van der Waals surface area contributed by atoms with Crippen molar-refractivity contribution in [3.63, 3.8) is 0 Å². The van der Waals surface area contributed by atoms with Gasteiger partial charge in [-0.3, -0.25) is 0 Å². The molecule has 0 spiro atoms. The molecular formula is C40H25N4O+. The van der Waals surface area contributed by atoms with Crippen LogP contribution in [0.1, 0.15) is 5.56 Å². The van der Waals surface area contributed by atoms with E-state index in [4.69, 9.17) is 14.4 Å². The lowest BCUT2D eigenvalue weighted by Gasteiger charge is -2.35. The Morgan fingerprint density at radius 2 is 1.36 bits per heavy atom. The SMILES string of the molecule is C1=CC2=[N+](c3nc(-c4ccccc4)cc(-c4ccccc4)n3)c3ccccc3N3c4c(ccc5c4oc4ccccc45)C(=C1)C23. The van der Waals surface area contributed by atoms with Gasteiger partial charge in [0.15, 0.2) is 17.0 Å². The summed E-state index contributed by atoms with van der Waals surface area (Å²) in [6.45, 7) is 0. The average Bonchev–Trinajstić information content (AvgIpc) is 3.66. The highest BCUT2D eigenvalue weighted by atomic mass is 16.3. The van der Waals surface area contributed by atoms with E-state index in [0.29, 0.717) is 5.95 Å². The number of fused-ring (bicyclic) bond motifs is 9. The molecule has 1 aliphatic carbocycles. The molecule has 0 saturated carbocycles. The maximum atomic E-state index is 6.61. The number of rotatable bonds is 3. The first kappa shape index (κ1) is 24.4. The highest BCUT2D eigenvalue weighted by molar-refractivity contribution is 6.24. The van der Waals surface area contributed by atoms with E-state index in [1.165, 1.54) is 11.1 Å². The molecule has 1 atom stereocenters. The summed E-state index contributed by atoms with van der Waals surface area (Å²) in [6, 6.07) is 44.1. The number of aromatic nitrogens is 2. The minimum atomic E-state index is -0.0529. The Kier molecular flexibility index (Phi) is 4.99. The molecule has 5 heteroatoms. The Hall–Kier alpha value is -6.07. The van der Waals surface area contributed by atoms with Gasteiger partial charge in [-0.25, -0.2) is 0 Å². The summed E-state index contributed by atoms with van der Waals surface area (Å²) in [5.41, 5.74) is 12.5. The lowest BCUT2D eigenvalue weighted by molar-refractivity contribution is 0.668. The number of furan rings is 1. The summed E-state index contributed by atoms with van der Waals surface area (Å²) in [5, 5.41) is 2.26. The quantitative estimate of drug-likeness (QED) is 0.196. The molecule has 4 heterocycles. The normalized spacial score (nSPS) is 16.1. The Labute approximate surface area is 259 Å². The number of hydrogen-bond donors (Lipinski definition) is 0. The second kappa shape index (κ2) is 9.21. The molecule has 0 fully saturated rings. The van der Waals surface area contributed by atoms with Crippen LogP contribution in [0.5, 0.6) is 0 Å². The molecule has 5 aromatic carbocycles. The van der Waals surface area contributed by atoms with Crippen molar-refractivity contribution in [1.82, 2.24) is 14.5 Å². The van der Waals surface area contributed by atoms with Gasteiger partial charge in [-0.1, -0.05) is 119 Å². The van der Waals surface area contributed by atoms with Crippen LogP contribution in [-0.4, -0.2) is 21.7 Å². The van der Waals surface area contributed by atoms with Gasteiger partial charge in [0.25, 0.3) is 0 Å². The van der Waals surface area contributed by atoms with Gasteiger partial charge in [0.05, 0.1) is 11.4 Å². The molecule has 0 N–H and O–H groups in total. The fourth-order valence-corrected chi connectivity index (χ4v) is 7.20. The Balaban J connectivity index is 1.26. The van der Waals surface area contributed by atoms with Crippen molar-refractivity contribution in [3.05, 3.63) is 151 Å². The molecule has 2 aromatic heterocycles. The Bertz CT molecular complexity index is 2380. The van der Waals surface area contributed by atoms with Gasteiger partial charge >= 0.3 is 5.95 Å². The van der Waals surface area contributed by atoms with Crippen LogP contribution in [0.15, 0.2) is 150 Å². The average molecular weight is 578 g/mol. The molecule has 3 aliphatic rings. The van der Waals surface area contributed by atoms with Crippen molar-refractivity contribution in [2.75, 3.05) is 4.90 Å². The molecule has 45 heavy (non-hydrogen) atoms. The molecule has 10 rings (SSSR count). The van der Waals surface area contributed by atoms with Crippen molar-refractivity contribution >= 4 is 56.2 Å². The van der Waals surface area contributed by atoms with E-state index in [2.05, 4.69) is 137 Å². The van der Waals surface area contributed by atoms with Crippen LogP contribution in [0, 0.1) is 0 Å². The van der Waals surface area contributed by atoms with Crippen molar-refractivity contribution in [3.8, 4) is 22.5 Å². The number of allylic oxidation sites excluding steroid dienone is 2. The maximum absolute atomic E-state index is 6.61. The van der Waals surface area contributed by atoms with Gasteiger partial charge in [-0.15, -0.1) is 0 Å². The first-order chi connectivity index (χ1) is 22.3. The number of anilines is 2. The van der Waals surface area contributed by atoms with Crippen molar-refractivity contribution in [1.29, 1.82) is 0 Å². The summed E-state index contributed by atoms with van der Waals surface area (Å²) in [4.78, 5) is 12.9. The van der Waals surface area contributed by atoms with Gasteiger partial charge in [0.2, 0.25) is 0 Å². The largest absolute Gasteiger partial charge is 0.454 e. The molecule has 0 bridgehead atoms. The van der Waals surface area contributed by atoms with E-state index in [1.807, 2.05) is 18.2 Å². The third-order valence-electron chi connectivity index (χ3n) is 9.14.